The number of nitrogens with one attached hydrogen (secondary N) is 1. The van der Waals surface area contributed by atoms with Gasteiger partial charge in [0.1, 0.15) is 5.70 Å². The van der Waals surface area contributed by atoms with E-state index in [2.05, 4.69) is 12.2 Å². The maximum absolute atomic E-state index is 13.6. The maximum Gasteiger partial charge on any atom is 0.282 e. The summed E-state index contributed by atoms with van der Waals surface area (Å²) in [6.45, 7) is 6.02. The molecule has 0 bridgehead atoms. The summed E-state index contributed by atoms with van der Waals surface area (Å²) in [6.07, 6.45) is 3.20. The Morgan fingerprint density at radius 1 is 0.879 bits per heavy atom. The van der Waals surface area contributed by atoms with Gasteiger partial charge in [0.2, 0.25) is 0 Å². The van der Waals surface area contributed by atoms with E-state index in [0.29, 0.717) is 27.5 Å². The molecule has 2 amide bonds. The molecule has 3 aromatic rings. The number of nitrogens with zero attached hydrogens (tertiary/aromatic N) is 1. The summed E-state index contributed by atoms with van der Waals surface area (Å²) in [5.74, 6) is -0.719. The molecule has 0 spiro atoms. The van der Waals surface area contributed by atoms with Gasteiger partial charge in [0.05, 0.1) is 11.3 Å². The average Bonchev–Trinajstić information content (AvgIpc) is 3.06. The van der Waals surface area contributed by atoms with Gasteiger partial charge in [-0.25, -0.2) is 4.90 Å². The van der Waals surface area contributed by atoms with Crippen molar-refractivity contribution >= 4 is 40.4 Å². The van der Waals surface area contributed by atoms with Crippen molar-refractivity contribution < 1.29 is 9.59 Å². The lowest BCUT2D eigenvalue weighted by Gasteiger charge is -2.16. The highest BCUT2D eigenvalue weighted by Crippen LogP contribution is 2.35. The fourth-order valence-corrected chi connectivity index (χ4v) is 4.11. The Bertz CT molecular complexity index is 1230. The number of amides is 2. The van der Waals surface area contributed by atoms with Gasteiger partial charge in [-0.1, -0.05) is 73.0 Å². The number of carbonyl (C=O) groups excluding carboxylic acids is 2. The molecule has 0 unspecified atom stereocenters. The number of anilines is 2. The Morgan fingerprint density at radius 2 is 1.58 bits per heavy atom. The Labute approximate surface area is 199 Å². The Morgan fingerprint density at radius 3 is 2.24 bits per heavy atom. The fraction of sp³-hybridized carbons (Fsp3) is 0.214. The van der Waals surface area contributed by atoms with E-state index < -0.39 is 0 Å². The van der Waals surface area contributed by atoms with Gasteiger partial charge >= 0.3 is 0 Å². The summed E-state index contributed by atoms with van der Waals surface area (Å²) >= 11 is 6.29. The second kappa shape index (κ2) is 9.63. The highest BCUT2D eigenvalue weighted by molar-refractivity contribution is 6.46. The molecule has 33 heavy (non-hydrogen) atoms. The average molecular weight is 459 g/mol. The molecule has 0 atom stereocenters. The molecule has 1 heterocycles. The van der Waals surface area contributed by atoms with Crippen LogP contribution in [0.4, 0.5) is 11.4 Å². The summed E-state index contributed by atoms with van der Waals surface area (Å²) in [5.41, 5.74) is 5.65. The van der Waals surface area contributed by atoms with Gasteiger partial charge in [-0.3, -0.25) is 9.59 Å². The maximum atomic E-state index is 13.6. The van der Waals surface area contributed by atoms with E-state index in [0.717, 1.165) is 30.4 Å². The standard InChI is InChI=1S/C28H27ClN2O2/c1-4-5-7-20-12-16-22(17-13-20)31-27(32)25(21-14-10-18(2)11-15-21)26(28(31)33)30-24-9-6-8-23(29)19(24)3/h6,8-17,30H,4-5,7H2,1-3H3. The van der Waals surface area contributed by atoms with Crippen molar-refractivity contribution in [1.29, 1.82) is 0 Å². The molecule has 5 heteroatoms. The molecule has 4 nitrogen and oxygen atoms in total. The molecule has 0 radical (unpaired) electrons. The molecule has 1 N–H and O–H groups in total. The first-order chi connectivity index (χ1) is 15.9. The first-order valence-electron chi connectivity index (χ1n) is 11.2. The van der Waals surface area contributed by atoms with Crippen molar-refractivity contribution in [1.82, 2.24) is 0 Å². The van der Waals surface area contributed by atoms with Crippen molar-refractivity contribution in [3.63, 3.8) is 0 Å². The van der Waals surface area contributed by atoms with E-state index in [4.69, 9.17) is 11.6 Å². The van der Waals surface area contributed by atoms with Gasteiger partial charge in [-0.15, -0.1) is 0 Å². The minimum atomic E-state index is -0.378. The summed E-state index contributed by atoms with van der Waals surface area (Å²) in [4.78, 5) is 28.4. The second-order valence-electron chi connectivity index (χ2n) is 8.37. The molecular formula is C28H27ClN2O2. The van der Waals surface area contributed by atoms with Crippen LogP contribution < -0.4 is 10.2 Å². The van der Waals surface area contributed by atoms with Crippen LogP contribution in [0.15, 0.2) is 72.4 Å². The smallest absolute Gasteiger partial charge is 0.282 e. The summed E-state index contributed by atoms with van der Waals surface area (Å²) in [7, 11) is 0. The SMILES string of the molecule is CCCCc1ccc(N2C(=O)C(Nc3cccc(Cl)c3C)=C(c3ccc(C)cc3)C2=O)cc1. The number of imide groups is 1. The molecule has 0 saturated heterocycles. The summed E-state index contributed by atoms with van der Waals surface area (Å²) < 4.78 is 0. The van der Waals surface area contributed by atoms with E-state index in [-0.39, 0.29) is 17.5 Å². The number of unbranched alkanes of at least 4 members (excludes halogenated alkanes) is 1. The van der Waals surface area contributed by atoms with Crippen molar-refractivity contribution in [2.45, 2.75) is 40.0 Å². The lowest BCUT2D eigenvalue weighted by Crippen LogP contribution is -2.32. The quantitative estimate of drug-likeness (QED) is 0.401. The van der Waals surface area contributed by atoms with Crippen LogP contribution in [0.3, 0.4) is 0 Å². The van der Waals surface area contributed by atoms with E-state index in [1.54, 1.807) is 6.07 Å². The van der Waals surface area contributed by atoms with Crippen LogP contribution in [0.2, 0.25) is 5.02 Å². The van der Waals surface area contributed by atoms with Crippen LogP contribution in [-0.4, -0.2) is 11.8 Å². The zero-order chi connectivity index (χ0) is 23.5. The monoisotopic (exact) mass is 458 g/mol. The second-order valence-corrected chi connectivity index (χ2v) is 8.78. The minimum absolute atomic E-state index is 0.254. The molecular weight excluding hydrogens is 432 g/mol. The van der Waals surface area contributed by atoms with Crippen molar-refractivity contribution in [2.24, 2.45) is 0 Å². The van der Waals surface area contributed by atoms with E-state index in [9.17, 15) is 9.59 Å². The number of rotatable bonds is 7. The van der Waals surface area contributed by atoms with Crippen LogP contribution in [-0.2, 0) is 16.0 Å². The third kappa shape index (κ3) is 4.57. The van der Waals surface area contributed by atoms with Crippen LogP contribution in [0.1, 0.15) is 42.0 Å². The van der Waals surface area contributed by atoms with Gasteiger partial charge in [-0.2, -0.15) is 0 Å². The van der Waals surface area contributed by atoms with Gasteiger partial charge in [-0.05, 0) is 67.6 Å². The molecule has 0 saturated carbocycles. The highest BCUT2D eigenvalue weighted by Gasteiger charge is 2.40. The van der Waals surface area contributed by atoms with E-state index >= 15 is 0 Å². The predicted molar refractivity (Wildman–Crippen MR) is 135 cm³/mol. The predicted octanol–water partition coefficient (Wildman–Crippen LogP) is 6.70. The van der Waals surface area contributed by atoms with Gasteiger partial charge < -0.3 is 5.32 Å². The first kappa shape index (κ1) is 22.8. The molecule has 168 valence electrons. The fourth-order valence-electron chi connectivity index (χ4n) is 3.94. The number of carbonyl (C=O) groups is 2. The topological polar surface area (TPSA) is 49.4 Å². The summed E-state index contributed by atoms with van der Waals surface area (Å²) in [5, 5.41) is 3.81. The molecule has 4 rings (SSSR count). The normalized spacial score (nSPS) is 13.8. The molecule has 0 aromatic heterocycles. The van der Waals surface area contributed by atoms with Gasteiger partial charge in [0, 0.05) is 10.7 Å². The van der Waals surface area contributed by atoms with Crippen LogP contribution >= 0.6 is 11.6 Å². The molecule has 3 aromatic carbocycles. The summed E-state index contributed by atoms with van der Waals surface area (Å²) in [6, 6.07) is 20.8. The lowest BCUT2D eigenvalue weighted by atomic mass is 10.0. The Balaban J connectivity index is 1.75. The van der Waals surface area contributed by atoms with Crippen LogP contribution in [0, 0.1) is 13.8 Å². The zero-order valence-corrected chi connectivity index (χ0v) is 19.9. The molecule has 0 fully saturated rings. The number of aryl methyl sites for hydroxylation is 2. The molecule has 1 aliphatic heterocycles. The number of benzene rings is 3. The van der Waals surface area contributed by atoms with Crippen molar-refractivity contribution in [3.8, 4) is 0 Å². The van der Waals surface area contributed by atoms with E-state index in [1.807, 2.05) is 74.5 Å². The van der Waals surface area contributed by atoms with Crippen molar-refractivity contribution in [3.05, 3.63) is 99.7 Å². The number of halogens is 1. The molecule has 0 aliphatic carbocycles. The Hall–Kier alpha value is -3.37. The minimum Gasteiger partial charge on any atom is -0.350 e. The third-order valence-corrected chi connectivity index (χ3v) is 6.37. The van der Waals surface area contributed by atoms with E-state index in [1.165, 1.54) is 10.5 Å². The molecule has 1 aliphatic rings. The largest absolute Gasteiger partial charge is 0.350 e. The van der Waals surface area contributed by atoms with Gasteiger partial charge in [0.15, 0.2) is 0 Å². The zero-order valence-electron chi connectivity index (χ0n) is 19.1. The number of hydrogen-bond donors (Lipinski definition) is 1. The van der Waals surface area contributed by atoms with Crippen molar-refractivity contribution in [2.75, 3.05) is 10.2 Å². The van der Waals surface area contributed by atoms with Crippen LogP contribution in [0.5, 0.6) is 0 Å². The third-order valence-electron chi connectivity index (χ3n) is 5.97. The van der Waals surface area contributed by atoms with Crippen LogP contribution in [0.25, 0.3) is 5.57 Å². The number of hydrogen-bond acceptors (Lipinski definition) is 3. The highest BCUT2D eigenvalue weighted by atomic mass is 35.5. The first-order valence-corrected chi connectivity index (χ1v) is 11.6. The lowest BCUT2D eigenvalue weighted by molar-refractivity contribution is -0.120. The van der Waals surface area contributed by atoms with Gasteiger partial charge in [0.25, 0.3) is 11.8 Å². The Kier molecular flexibility index (Phi) is 6.66.